The Kier molecular flexibility index (Phi) is 5.48. The van der Waals surface area contributed by atoms with Crippen LogP contribution in [-0.2, 0) is 0 Å². The van der Waals surface area contributed by atoms with E-state index in [1.165, 1.54) is 14.2 Å². The molecule has 21 heavy (non-hydrogen) atoms. The number of hydrogen-bond acceptors (Lipinski definition) is 7. The highest BCUT2D eigenvalue weighted by Gasteiger charge is 2.07. The third-order valence-corrected chi connectivity index (χ3v) is 2.65. The number of nitrogens with zero attached hydrogens (tertiary/aromatic N) is 1. The third kappa shape index (κ3) is 4.34. The average molecular weight is 292 g/mol. The molecule has 0 aliphatic heterocycles. The van der Waals surface area contributed by atoms with Crippen molar-refractivity contribution in [2.45, 2.75) is 6.92 Å². The van der Waals surface area contributed by atoms with Crippen LogP contribution in [0.15, 0.2) is 24.3 Å². The van der Waals surface area contributed by atoms with E-state index in [1.54, 1.807) is 24.3 Å². The normalized spacial score (nSPS) is 9.48. The van der Waals surface area contributed by atoms with Crippen molar-refractivity contribution in [1.82, 2.24) is 4.98 Å². The number of rotatable bonds is 2. The largest absolute Gasteiger partial charge is 0.508 e. The summed E-state index contributed by atoms with van der Waals surface area (Å²) in [4.78, 5) is 3.91. The summed E-state index contributed by atoms with van der Waals surface area (Å²) in [6.45, 7) is 1.86. The van der Waals surface area contributed by atoms with Gasteiger partial charge in [0.25, 0.3) is 0 Å². The van der Waals surface area contributed by atoms with Crippen molar-refractivity contribution in [3.05, 3.63) is 29.8 Å². The van der Waals surface area contributed by atoms with Crippen LogP contribution in [0, 0.1) is 6.92 Å². The minimum atomic E-state index is 0.265. The lowest BCUT2D eigenvalue weighted by Crippen LogP contribution is -2.01. The van der Waals surface area contributed by atoms with Crippen LogP contribution in [0.5, 0.6) is 17.5 Å². The van der Waals surface area contributed by atoms with E-state index in [-0.39, 0.29) is 5.75 Å². The van der Waals surface area contributed by atoms with Gasteiger partial charge < -0.3 is 31.8 Å². The molecule has 2 aromatic rings. The summed E-state index contributed by atoms with van der Waals surface area (Å²) in [5.74, 6) is 0.906. The third-order valence-electron chi connectivity index (χ3n) is 2.65. The molecule has 0 radical (unpaired) electrons. The number of nitrogens with two attached hydrogens (primary N) is 3. The molecule has 114 valence electrons. The molecule has 7 nitrogen and oxygen atoms in total. The maximum Gasteiger partial charge on any atom is 0.240 e. The molecule has 1 aromatic carbocycles. The Balaban J connectivity index is 0.000000219. The van der Waals surface area contributed by atoms with Crippen molar-refractivity contribution in [2.75, 3.05) is 31.4 Å². The molecule has 0 unspecified atom stereocenters. The molecule has 0 aliphatic carbocycles. The first-order valence-electron chi connectivity index (χ1n) is 6.08. The van der Waals surface area contributed by atoms with E-state index >= 15 is 0 Å². The minimum Gasteiger partial charge on any atom is -0.508 e. The highest BCUT2D eigenvalue weighted by atomic mass is 16.5. The smallest absolute Gasteiger partial charge is 0.240 e. The molecule has 0 fully saturated rings. The van der Waals surface area contributed by atoms with E-state index < -0.39 is 0 Å². The highest BCUT2D eigenvalue weighted by Crippen LogP contribution is 2.27. The summed E-state index contributed by atoms with van der Waals surface area (Å²) >= 11 is 0. The van der Waals surface area contributed by atoms with Gasteiger partial charge in [0.15, 0.2) is 0 Å². The summed E-state index contributed by atoms with van der Waals surface area (Å²) in [7, 11) is 2.96. The number of hydrogen-bond donors (Lipinski definition) is 4. The van der Waals surface area contributed by atoms with Gasteiger partial charge in [0.1, 0.15) is 5.75 Å². The number of methoxy groups -OCH3 is 2. The van der Waals surface area contributed by atoms with Crippen molar-refractivity contribution in [2.24, 2.45) is 0 Å². The molecule has 1 aromatic heterocycles. The van der Waals surface area contributed by atoms with E-state index in [2.05, 4.69) is 4.98 Å². The fourth-order valence-corrected chi connectivity index (χ4v) is 1.50. The van der Waals surface area contributed by atoms with Crippen LogP contribution in [-0.4, -0.2) is 24.3 Å². The molecule has 0 atom stereocenters. The van der Waals surface area contributed by atoms with Crippen LogP contribution in [0.4, 0.5) is 17.1 Å². The Bertz CT molecular complexity index is 592. The molecule has 0 saturated carbocycles. The van der Waals surface area contributed by atoms with Crippen LogP contribution in [0.1, 0.15) is 5.56 Å². The van der Waals surface area contributed by atoms with E-state index in [4.69, 9.17) is 31.8 Å². The SMILES string of the molecule is COc1nc(OC)c(N)cc1N.Cc1cc(O)ccc1N. The summed E-state index contributed by atoms with van der Waals surface area (Å²) in [5.41, 5.74) is 19.0. The van der Waals surface area contributed by atoms with Crippen molar-refractivity contribution in [3.63, 3.8) is 0 Å². The second-order valence-electron chi connectivity index (χ2n) is 4.23. The predicted octanol–water partition coefficient (Wildman–Crippen LogP) is 1.55. The predicted molar refractivity (Wildman–Crippen MR) is 83.4 cm³/mol. The fourth-order valence-electron chi connectivity index (χ4n) is 1.50. The molecule has 7 N–H and O–H groups in total. The maximum atomic E-state index is 8.88. The van der Waals surface area contributed by atoms with Gasteiger partial charge >= 0.3 is 0 Å². The molecule has 7 heteroatoms. The van der Waals surface area contributed by atoms with Crippen LogP contribution in [0.3, 0.4) is 0 Å². The van der Waals surface area contributed by atoms with Gasteiger partial charge in [0.05, 0.1) is 25.6 Å². The van der Waals surface area contributed by atoms with E-state index in [1.807, 2.05) is 6.92 Å². The van der Waals surface area contributed by atoms with Crippen molar-refractivity contribution >= 4 is 17.1 Å². The van der Waals surface area contributed by atoms with Crippen molar-refractivity contribution < 1.29 is 14.6 Å². The van der Waals surface area contributed by atoms with Crippen LogP contribution < -0.4 is 26.7 Å². The van der Waals surface area contributed by atoms with Gasteiger partial charge in [-0.15, -0.1) is 0 Å². The van der Waals surface area contributed by atoms with Gasteiger partial charge in [-0.3, -0.25) is 0 Å². The number of phenolic OH excluding ortho intramolecular Hbond substituents is 1. The van der Waals surface area contributed by atoms with Crippen LogP contribution >= 0.6 is 0 Å². The quantitative estimate of drug-likeness (QED) is 0.488. The molecule has 1 heterocycles. The first-order chi connectivity index (χ1) is 9.88. The van der Waals surface area contributed by atoms with Crippen molar-refractivity contribution in [1.29, 1.82) is 0 Å². The lowest BCUT2D eigenvalue weighted by molar-refractivity contribution is 0.368. The van der Waals surface area contributed by atoms with Crippen LogP contribution in [0.2, 0.25) is 0 Å². The monoisotopic (exact) mass is 292 g/mol. The number of aryl methyl sites for hydroxylation is 1. The lowest BCUT2D eigenvalue weighted by atomic mass is 10.2. The number of pyridine rings is 1. The second kappa shape index (κ2) is 7.09. The maximum absolute atomic E-state index is 8.88. The second-order valence-corrected chi connectivity index (χ2v) is 4.23. The molecular weight excluding hydrogens is 272 g/mol. The molecule has 0 saturated heterocycles. The Morgan fingerprint density at radius 3 is 1.81 bits per heavy atom. The summed E-state index contributed by atoms with van der Waals surface area (Å²) in [5, 5.41) is 8.88. The first-order valence-corrected chi connectivity index (χ1v) is 6.08. The van der Waals surface area contributed by atoms with E-state index in [0.717, 1.165) is 5.56 Å². The van der Waals surface area contributed by atoms with Gasteiger partial charge in [-0.05, 0) is 36.8 Å². The Morgan fingerprint density at radius 2 is 1.43 bits per heavy atom. The van der Waals surface area contributed by atoms with Gasteiger partial charge in [-0.25, -0.2) is 0 Å². The number of ether oxygens (including phenoxy) is 2. The molecule has 0 bridgehead atoms. The number of anilines is 3. The number of aromatic nitrogens is 1. The molecule has 0 amide bonds. The number of phenols is 1. The average Bonchev–Trinajstić information content (AvgIpc) is 2.44. The molecule has 0 aliphatic rings. The van der Waals surface area contributed by atoms with Gasteiger partial charge in [0, 0.05) is 5.69 Å². The van der Waals surface area contributed by atoms with E-state index in [0.29, 0.717) is 28.8 Å². The zero-order chi connectivity index (χ0) is 16.0. The Morgan fingerprint density at radius 1 is 0.905 bits per heavy atom. The lowest BCUT2D eigenvalue weighted by Gasteiger charge is -2.07. The standard InChI is InChI=1S/C7H11N3O2.C7H9NO/c1-11-6-4(8)3-5(9)7(10-6)12-2;1-5-4-6(9)2-3-7(5)8/h3H,8-9H2,1-2H3;2-4,9H,8H2,1H3. The number of aromatic hydroxyl groups is 1. The van der Waals surface area contributed by atoms with Gasteiger partial charge in [0.2, 0.25) is 11.8 Å². The molecular formula is C14H20N4O3. The summed E-state index contributed by atoms with van der Waals surface area (Å²) < 4.78 is 9.74. The zero-order valence-corrected chi connectivity index (χ0v) is 12.3. The van der Waals surface area contributed by atoms with E-state index in [9.17, 15) is 0 Å². The molecule has 0 spiro atoms. The number of benzene rings is 1. The highest BCUT2D eigenvalue weighted by molar-refractivity contribution is 5.62. The summed E-state index contributed by atoms with van der Waals surface area (Å²) in [6, 6.07) is 6.44. The van der Waals surface area contributed by atoms with Gasteiger partial charge in [-0.1, -0.05) is 0 Å². The first kappa shape index (κ1) is 16.2. The fraction of sp³-hybridized carbons (Fsp3) is 0.214. The summed E-state index contributed by atoms with van der Waals surface area (Å²) in [6.07, 6.45) is 0. The molecule has 2 rings (SSSR count). The number of nitrogen functional groups attached to an aromatic ring is 3. The topological polar surface area (TPSA) is 130 Å². The zero-order valence-electron chi connectivity index (χ0n) is 12.3. The Hall–Kier alpha value is -2.83. The Labute approximate surface area is 123 Å². The van der Waals surface area contributed by atoms with Crippen molar-refractivity contribution in [3.8, 4) is 17.5 Å². The minimum absolute atomic E-state index is 0.265. The van der Waals surface area contributed by atoms with Gasteiger partial charge in [-0.2, -0.15) is 4.98 Å². The van der Waals surface area contributed by atoms with Crippen LogP contribution in [0.25, 0.3) is 0 Å².